The first kappa shape index (κ1) is 19.9. The van der Waals surface area contributed by atoms with Gasteiger partial charge in [-0.3, -0.25) is 4.79 Å². The van der Waals surface area contributed by atoms with Crippen LogP contribution < -0.4 is 11.1 Å². The van der Waals surface area contributed by atoms with E-state index >= 15 is 0 Å². The predicted molar refractivity (Wildman–Crippen MR) is 102 cm³/mol. The van der Waals surface area contributed by atoms with Gasteiger partial charge in [-0.2, -0.15) is 0 Å². The average molecular weight is 375 g/mol. The fourth-order valence-corrected chi connectivity index (χ4v) is 2.89. The zero-order chi connectivity index (χ0) is 19.1. The van der Waals surface area contributed by atoms with Gasteiger partial charge in [0.2, 0.25) is 5.91 Å². The third-order valence-electron chi connectivity index (χ3n) is 4.12. The Morgan fingerprint density at radius 3 is 2.42 bits per heavy atom. The highest BCUT2D eigenvalue weighted by Gasteiger charge is 2.21. The van der Waals surface area contributed by atoms with Crippen molar-refractivity contribution < 1.29 is 14.3 Å². The Morgan fingerprint density at radius 2 is 1.85 bits per heavy atom. The van der Waals surface area contributed by atoms with Crippen molar-refractivity contribution in [3.63, 3.8) is 0 Å². The minimum atomic E-state index is -0.803. The maximum absolute atomic E-state index is 12.6. The Balaban J connectivity index is 2.14. The van der Waals surface area contributed by atoms with Gasteiger partial charge in [0.05, 0.1) is 18.7 Å². The van der Waals surface area contributed by atoms with Crippen LogP contribution in [0.4, 0.5) is 0 Å². The van der Waals surface area contributed by atoms with E-state index in [1.165, 1.54) is 7.11 Å². The lowest BCUT2D eigenvalue weighted by atomic mass is 9.99. The molecule has 0 bridgehead atoms. The van der Waals surface area contributed by atoms with E-state index in [0.29, 0.717) is 16.1 Å². The molecule has 6 heteroatoms. The van der Waals surface area contributed by atoms with Crippen LogP contribution in [0.25, 0.3) is 0 Å². The summed E-state index contributed by atoms with van der Waals surface area (Å²) in [4.78, 5) is 24.1. The van der Waals surface area contributed by atoms with Gasteiger partial charge in [-0.05, 0) is 41.8 Å². The number of ether oxygens (including phenoxy) is 1. The molecule has 0 aliphatic rings. The van der Waals surface area contributed by atoms with Crippen LogP contribution in [-0.4, -0.2) is 19.0 Å². The number of carbonyl (C=O) groups excluding carboxylic acids is 2. The van der Waals surface area contributed by atoms with Gasteiger partial charge in [0, 0.05) is 5.02 Å². The highest BCUT2D eigenvalue weighted by Crippen LogP contribution is 2.22. The number of hydrogen-bond donors (Lipinski definition) is 2. The zero-order valence-corrected chi connectivity index (χ0v) is 15.6. The molecule has 1 amide bonds. The van der Waals surface area contributed by atoms with Gasteiger partial charge in [0.1, 0.15) is 6.04 Å². The molecular formula is C20H23ClN2O3. The van der Waals surface area contributed by atoms with Crippen molar-refractivity contribution in [2.75, 3.05) is 7.11 Å². The first-order valence-corrected chi connectivity index (χ1v) is 8.83. The smallest absolute Gasteiger partial charge is 0.337 e. The van der Waals surface area contributed by atoms with Crippen molar-refractivity contribution in [3.05, 3.63) is 70.2 Å². The fraction of sp³-hybridized carbons (Fsp3) is 0.300. The molecule has 5 nitrogen and oxygen atoms in total. The number of methoxy groups -OCH3 is 1. The molecule has 0 aliphatic carbocycles. The number of amides is 1. The Hall–Kier alpha value is -2.37. The normalized spacial score (nSPS) is 12.9. The van der Waals surface area contributed by atoms with E-state index in [4.69, 9.17) is 22.1 Å². The largest absolute Gasteiger partial charge is 0.465 e. The molecule has 0 saturated carbocycles. The molecule has 0 heterocycles. The first-order chi connectivity index (χ1) is 12.5. The first-order valence-electron chi connectivity index (χ1n) is 8.46. The highest BCUT2D eigenvalue weighted by molar-refractivity contribution is 6.30. The molecule has 26 heavy (non-hydrogen) atoms. The molecule has 0 saturated heterocycles. The molecule has 2 atom stereocenters. The number of esters is 1. The van der Waals surface area contributed by atoms with E-state index < -0.39 is 12.0 Å². The summed E-state index contributed by atoms with van der Waals surface area (Å²) in [6.07, 6.45) is 1.64. The number of rotatable bonds is 7. The van der Waals surface area contributed by atoms with Gasteiger partial charge in [-0.1, -0.05) is 49.2 Å². The third kappa shape index (κ3) is 5.07. The SMILES string of the molecule is CCC[C@@H](NC(=O)C(N)c1cccc(Cl)c1)c1ccc(C(=O)OC)cc1. The van der Waals surface area contributed by atoms with Gasteiger partial charge < -0.3 is 15.8 Å². The second-order valence-corrected chi connectivity index (χ2v) is 6.43. The topological polar surface area (TPSA) is 81.4 Å². The Labute approximate surface area is 158 Å². The van der Waals surface area contributed by atoms with Crippen molar-refractivity contribution in [3.8, 4) is 0 Å². The lowest BCUT2D eigenvalue weighted by Crippen LogP contribution is -2.36. The number of carbonyl (C=O) groups is 2. The summed E-state index contributed by atoms with van der Waals surface area (Å²) in [5.41, 5.74) is 8.11. The quantitative estimate of drug-likeness (QED) is 0.722. The van der Waals surface area contributed by atoms with Crippen LogP contribution >= 0.6 is 11.6 Å². The summed E-state index contributed by atoms with van der Waals surface area (Å²) < 4.78 is 4.70. The van der Waals surface area contributed by atoms with Crippen LogP contribution in [-0.2, 0) is 9.53 Å². The fourth-order valence-electron chi connectivity index (χ4n) is 2.69. The van der Waals surface area contributed by atoms with Crippen LogP contribution in [0.1, 0.15) is 53.3 Å². The van der Waals surface area contributed by atoms with Crippen molar-refractivity contribution in [2.45, 2.75) is 31.8 Å². The highest BCUT2D eigenvalue weighted by atomic mass is 35.5. The molecule has 2 rings (SSSR count). The summed E-state index contributed by atoms with van der Waals surface area (Å²) in [5.74, 6) is -0.668. The number of nitrogens with one attached hydrogen (secondary N) is 1. The van der Waals surface area contributed by atoms with Gasteiger partial charge in [-0.25, -0.2) is 4.79 Å². The minimum Gasteiger partial charge on any atom is -0.465 e. The molecule has 3 N–H and O–H groups in total. The molecule has 1 unspecified atom stereocenters. The second kappa shape index (κ2) is 9.36. The Kier molecular flexibility index (Phi) is 7.18. The van der Waals surface area contributed by atoms with Crippen LogP contribution in [0.3, 0.4) is 0 Å². The molecule has 0 fully saturated rings. The maximum atomic E-state index is 12.6. The molecule has 0 spiro atoms. The molecule has 2 aromatic rings. The third-order valence-corrected chi connectivity index (χ3v) is 4.35. The summed E-state index contributed by atoms with van der Waals surface area (Å²) >= 11 is 5.97. The van der Waals surface area contributed by atoms with Crippen molar-refractivity contribution in [1.29, 1.82) is 0 Å². The maximum Gasteiger partial charge on any atom is 0.337 e. The van der Waals surface area contributed by atoms with E-state index in [1.54, 1.807) is 36.4 Å². The number of benzene rings is 2. The monoisotopic (exact) mass is 374 g/mol. The molecule has 138 valence electrons. The zero-order valence-electron chi connectivity index (χ0n) is 14.9. The van der Waals surface area contributed by atoms with E-state index in [1.807, 2.05) is 19.1 Å². The van der Waals surface area contributed by atoms with Gasteiger partial charge in [0.15, 0.2) is 0 Å². The Morgan fingerprint density at radius 1 is 1.15 bits per heavy atom. The van der Waals surface area contributed by atoms with Crippen LogP contribution in [0.5, 0.6) is 0 Å². The van der Waals surface area contributed by atoms with E-state index in [2.05, 4.69) is 5.32 Å². The summed E-state index contributed by atoms with van der Waals surface area (Å²) in [6, 6.07) is 13.0. The van der Waals surface area contributed by atoms with Gasteiger partial charge >= 0.3 is 5.97 Å². The number of nitrogens with two attached hydrogens (primary N) is 1. The molecule has 0 aliphatic heterocycles. The summed E-state index contributed by atoms with van der Waals surface area (Å²) in [5, 5.41) is 3.53. The van der Waals surface area contributed by atoms with Crippen LogP contribution in [0, 0.1) is 0 Å². The van der Waals surface area contributed by atoms with E-state index in [-0.39, 0.29) is 11.9 Å². The van der Waals surface area contributed by atoms with Gasteiger partial charge in [0.25, 0.3) is 0 Å². The van der Waals surface area contributed by atoms with Crippen LogP contribution in [0.2, 0.25) is 5.02 Å². The molecule has 2 aromatic carbocycles. The lowest BCUT2D eigenvalue weighted by Gasteiger charge is -2.21. The van der Waals surface area contributed by atoms with Crippen molar-refractivity contribution in [2.24, 2.45) is 5.73 Å². The van der Waals surface area contributed by atoms with E-state index in [0.717, 1.165) is 18.4 Å². The Bertz CT molecular complexity index is 762. The van der Waals surface area contributed by atoms with Crippen molar-refractivity contribution >= 4 is 23.5 Å². The average Bonchev–Trinajstić information content (AvgIpc) is 2.66. The lowest BCUT2D eigenvalue weighted by molar-refractivity contribution is -0.123. The minimum absolute atomic E-state index is 0.190. The standard InChI is InChI=1S/C20H23ClN2O3/c1-3-5-17(13-8-10-14(11-9-13)20(25)26-2)23-19(24)18(22)15-6-4-7-16(21)12-15/h4,6-12,17-18H,3,5,22H2,1-2H3,(H,23,24)/t17-,18?/m1/s1. The second-order valence-electron chi connectivity index (χ2n) is 6.00. The predicted octanol–water partition coefficient (Wildman–Crippen LogP) is 3.78. The molecular weight excluding hydrogens is 352 g/mol. The molecule has 0 radical (unpaired) electrons. The number of halogens is 1. The number of hydrogen-bond acceptors (Lipinski definition) is 4. The molecule has 0 aromatic heterocycles. The van der Waals surface area contributed by atoms with E-state index in [9.17, 15) is 9.59 Å². The summed E-state index contributed by atoms with van der Waals surface area (Å²) in [6.45, 7) is 2.04. The summed E-state index contributed by atoms with van der Waals surface area (Å²) in [7, 11) is 1.34. The van der Waals surface area contributed by atoms with Crippen LogP contribution in [0.15, 0.2) is 48.5 Å². The van der Waals surface area contributed by atoms with Crippen molar-refractivity contribution in [1.82, 2.24) is 5.32 Å². The van der Waals surface area contributed by atoms with Gasteiger partial charge in [-0.15, -0.1) is 0 Å².